The molecule has 0 saturated carbocycles. The Kier molecular flexibility index (Phi) is 2.85. The van der Waals surface area contributed by atoms with Crippen molar-refractivity contribution in [3.05, 3.63) is 60.2 Å². The molecule has 0 radical (unpaired) electrons. The summed E-state index contributed by atoms with van der Waals surface area (Å²) in [6.07, 6.45) is 1.43. The molecule has 0 atom stereocenters. The second kappa shape index (κ2) is 4.67. The molecule has 0 fully saturated rings. The third kappa shape index (κ3) is 1.70. The molecular formula is C17H12N2O. The third-order valence-corrected chi connectivity index (χ3v) is 3.40. The van der Waals surface area contributed by atoms with Crippen molar-refractivity contribution in [2.75, 3.05) is 4.90 Å². The molecule has 1 heterocycles. The largest absolute Gasteiger partial charge is 0.279 e. The standard InChI is InChI=1S/C17H12N2O/c1-12(20)19-16-9-5-4-8-14(16)13-6-2-3-7-15(13)17(19)10-11-18/h2-10H,1H3. The van der Waals surface area contributed by atoms with Gasteiger partial charge in [-0.25, -0.2) is 0 Å². The molecule has 2 aromatic rings. The number of anilines is 1. The first kappa shape index (κ1) is 12.2. The van der Waals surface area contributed by atoms with Gasteiger partial charge in [-0.15, -0.1) is 0 Å². The Bertz CT molecular complexity index is 769. The summed E-state index contributed by atoms with van der Waals surface area (Å²) in [7, 11) is 0. The van der Waals surface area contributed by atoms with E-state index in [1.54, 1.807) is 4.90 Å². The number of nitriles is 1. The molecule has 20 heavy (non-hydrogen) atoms. The second-order valence-corrected chi connectivity index (χ2v) is 4.58. The molecule has 3 nitrogen and oxygen atoms in total. The fourth-order valence-corrected chi connectivity index (χ4v) is 2.63. The highest BCUT2D eigenvalue weighted by molar-refractivity contribution is 6.12. The molecule has 0 bridgehead atoms. The predicted octanol–water partition coefficient (Wildman–Crippen LogP) is 3.58. The van der Waals surface area contributed by atoms with E-state index in [9.17, 15) is 4.79 Å². The predicted molar refractivity (Wildman–Crippen MR) is 78.6 cm³/mol. The van der Waals surface area contributed by atoms with Gasteiger partial charge < -0.3 is 0 Å². The minimum atomic E-state index is -0.103. The minimum Gasteiger partial charge on any atom is -0.279 e. The zero-order valence-electron chi connectivity index (χ0n) is 11.0. The van der Waals surface area contributed by atoms with Crippen LogP contribution < -0.4 is 4.90 Å². The van der Waals surface area contributed by atoms with Gasteiger partial charge in [0.2, 0.25) is 5.91 Å². The van der Waals surface area contributed by atoms with Crippen LogP contribution in [0.4, 0.5) is 5.69 Å². The molecule has 1 amide bonds. The maximum atomic E-state index is 12.0. The van der Waals surface area contributed by atoms with E-state index in [4.69, 9.17) is 5.26 Å². The summed E-state index contributed by atoms with van der Waals surface area (Å²) in [5, 5.41) is 9.03. The number of carbonyl (C=O) groups excluding carboxylic acids is 1. The number of nitrogens with zero attached hydrogens (tertiary/aromatic N) is 2. The SMILES string of the molecule is CC(=O)N1C(=CC#N)c2ccccc2-c2ccccc21. The minimum absolute atomic E-state index is 0.103. The van der Waals surface area contributed by atoms with E-state index in [-0.39, 0.29) is 5.91 Å². The van der Waals surface area contributed by atoms with Crippen LogP contribution >= 0.6 is 0 Å². The van der Waals surface area contributed by atoms with E-state index >= 15 is 0 Å². The highest BCUT2D eigenvalue weighted by Crippen LogP contribution is 2.43. The van der Waals surface area contributed by atoms with Gasteiger partial charge in [-0.3, -0.25) is 9.69 Å². The summed E-state index contributed by atoms with van der Waals surface area (Å²) in [4.78, 5) is 13.6. The summed E-state index contributed by atoms with van der Waals surface area (Å²) in [6.45, 7) is 1.51. The highest BCUT2D eigenvalue weighted by Gasteiger charge is 2.28. The number of para-hydroxylation sites is 1. The molecule has 96 valence electrons. The second-order valence-electron chi connectivity index (χ2n) is 4.58. The average molecular weight is 260 g/mol. The Hall–Kier alpha value is -2.86. The van der Waals surface area contributed by atoms with Gasteiger partial charge in [0, 0.05) is 24.1 Å². The van der Waals surface area contributed by atoms with Crippen molar-refractivity contribution in [3.63, 3.8) is 0 Å². The molecular weight excluding hydrogens is 248 g/mol. The molecule has 3 rings (SSSR count). The van der Waals surface area contributed by atoms with E-state index in [0.717, 1.165) is 22.4 Å². The highest BCUT2D eigenvalue weighted by atomic mass is 16.2. The number of hydrogen-bond donors (Lipinski definition) is 0. The maximum absolute atomic E-state index is 12.0. The zero-order valence-corrected chi connectivity index (χ0v) is 11.0. The zero-order chi connectivity index (χ0) is 14.1. The van der Waals surface area contributed by atoms with Crippen LogP contribution in [0.1, 0.15) is 12.5 Å². The lowest BCUT2D eigenvalue weighted by atomic mass is 9.91. The third-order valence-electron chi connectivity index (χ3n) is 3.40. The van der Waals surface area contributed by atoms with Crippen molar-refractivity contribution in [1.29, 1.82) is 5.26 Å². The van der Waals surface area contributed by atoms with Crippen molar-refractivity contribution in [3.8, 4) is 17.2 Å². The van der Waals surface area contributed by atoms with E-state index in [1.165, 1.54) is 13.0 Å². The smallest absolute Gasteiger partial charge is 0.228 e. The van der Waals surface area contributed by atoms with Crippen molar-refractivity contribution in [2.24, 2.45) is 0 Å². The summed E-state index contributed by atoms with van der Waals surface area (Å²) in [6, 6.07) is 17.6. The van der Waals surface area contributed by atoms with Gasteiger partial charge in [0.15, 0.2) is 0 Å². The molecule has 0 N–H and O–H groups in total. The fourth-order valence-electron chi connectivity index (χ4n) is 2.63. The molecule has 0 aliphatic carbocycles. The fraction of sp³-hybridized carbons (Fsp3) is 0.0588. The molecule has 0 unspecified atom stereocenters. The number of fused-ring (bicyclic) bond motifs is 3. The van der Waals surface area contributed by atoms with E-state index < -0.39 is 0 Å². The van der Waals surface area contributed by atoms with Gasteiger partial charge in [-0.2, -0.15) is 5.26 Å². The van der Waals surface area contributed by atoms with Crippen molar-refractivity contribution >= 4 is 17.3 Å². The number of allylic oxidation sites excluding steroid dienone is 1. The number of carbonyl (C=O) groups is 1. The lowest BCUT2D eigenvalue weighted by Gasteiger charge is -2.32. The van der Waals surface area contributed by atoms with Gasteiger partial charge in [0.25, 0.3) is 0 Å². The lowest BCUT2D eigenvalue weighted by molar-refractivity contribution is -0.115. The van der Waals surface area contributed by atoms with E-state index in [2.05, 4.69) is 0 Å². The molecule has 1 aliphatic rings. The number of benzene rings is 2. The molecule has 0 aromatic heterocycles. The summed E-state index contributed by atoms with van der Waals surface area (Å²) in [5.74, 6) is -0.103. The quantitative estimate of drug-likeness (QED) is 0.679. The maximum Gasteiger partial charge on any atom is 0.228 e. The normalized spacial score (nSPS) is 14.4. The van der Waals surface area contributed by atoms with Crippen LogP contribution in [0.3, 0.4) is 0 Å². The number of hydrogen-bond acceptors (Lipinski definition) is 2. The van der Waals surface area contributed by atoms with Crippen molar-refractivity contribution in [1.82, 2.24) is 0 Å². The van der Waals surface area contributed by atoms with Crippen molar-refractivity contribution in [2.45, 2.75) is 6.92 Å². The summed E-state index contributed by atoms with van der Waals surface area (Å²) in [5.41, 5.74) is 4.41. The van der Waals surface area contributed by atoms with Gasteiger partial charge >= 0.3 is 0 Å². The van der Waals surface area contributed by atoms with Gasteiger partial charge in [-0.05, 0) is 11.6 Å². The van der Waals surface area contributed by atoms with Crippen LogP contribution in [-0.2, 0) is 4.79 Å². The molecule has 0 spiro atoms. The Morgan fingerprint density at radius 1 is 1.05 bits per heavy atom. The average Bonchev–Trinajstić information content (AvgIpc) is 2.47. The Balaban J connectivity index is 2.39. The van der Waals surface area contributed by atoms with E-state index in [1.807, 2.05) is 54.6 Å². The molecule has 2 aromatic carbocycles. The summed E-state index contributed by atoms with van der Waals surface area (Å²) >= 11 is 0. The molecule has 0 saturated heterocycles. The Morgan fingerprint density at radius 3 is 2.30 bits per heavy atom. The van der Waals surface area contributed by atoms with Crippen LogP contribution in [0, 0.1) is 11.3 Å². The topological polar surface area (TPSA) is 44.1 Å². The monoisotopic (exact) mass is 260 g/mol. The summed E-state index contributed by atoms with van der Waals surface area (Å²) < 4.78 is 0. The van der Waals surface area contributed by atoms with E-state index in [0.29, 0.717) is 5.70 Å². The van der Waals surface area contributed by atoms with Crippen molar-refractivity contribution < 1.29 is 4.79 Å². The molecule has 3 heteroatoms. The Labute approximate surface area is 117 Å². The van der Waals surface area contributed by atoms with Crippen LogP contribution in [0.15, 0.2) is 54.6 Å². The number of rotatable bonds is 0. The lowest BCUT2D eigenvalue weighted by Crippen LogP contribution is -2.29. The first-order valence-electron chi connectivity index (χ1n) is 6.33. The van der Waals surface area contributed by atoms with Crippen LogP contribution in [-0.4, -0.2) is 5.91 Å². The number of amides is 1. The van der Waals surface area contributed by atoms with Crippen LogP contribution in [0.5, 0.6) is 0 Å². The first-order chi connectivity index (χ1) is 9.74. The van der Waals surface area contributed by atoms with Gasteiger partial charge in [-0.1, -0.05) is 42.5 Å². The molecule has 1 aliphatic heterocycles. The van der Waals surface area contributed by atoms with Crippen LogP contribution in [0.2, 0.25) is 0 Å². The Morgan fingerprint density at radius 2 is 1.65 bits per heavy atom. The van der Waals surface area contributed by atoms with Gasteiger partial charge in [0.1, 0.15) is 0 Å². The van der Waals surface area contributed by atoms with Gasteiger partial charge in [0.05, 0.1) is 17.5 Å². The first-order valence-corrected chi connectivity index (χ1v) is 6.33. The van der Waals surface area contributed by atoms with Crippen LogP contribution in [0.25, 0.3) is 16.8 Å².